The van der Waals surface area contributed by atoms with Crippen molar-refractivity contribution in [2.24, 2.45) is 11.8 Å². The number of pyridine rings is 1. The highest BCUT2D eigenvalue weighted by molar-refractivity contribution is 5.99. The molecule has 220 valence electrons. The summed E-state index contributed by atoms with van der Waals surface area (Å²) in [6.45, 7) is 6.35. The van der Waals surface area contributed by atoms with E-state index in [1.165, 1.54) is 17.2 Å². The van der Waals surface area contributed by atoms with Crippen LogP contribution in [-0.4, -0.2) is 83.4 Å². The lowest BCUT2D eigenvalue weighted by Gasteiger charge is -2.35. The fourth-order valence-electron chi connectivity index (χ4n) is 5.21. The van der Waals surface area contributed by atoms with Gasteiger partial charge in [0.1, 0.15) is 23.2 Å². The predicted octanol–water partition coefficient (Wildman–Crippen LogP) is 4.99. The summed E-state index contributed by atoms with van der Waals surface area (Å²) in [5.74, 6) is -0.424. The number of ether oxygens (including phenoxy) is 2. The van der Waals surface area contributed by atoms with Gasteiger partial charge >= 0.3 is 6.09 Å². The number of benzene rings is 1. The van der Waals surface area contributed by atoms with E-state index in [1.54, 1.807) is 63.1 Å². The summed E-state index contributed by atoms with van der Waals surface area (Å²) in [7, 11) is 1.57. The predicted molar refractivity (Wildman–Crippen MR) is 150 cm³/mol. The van der Waals surface area contributed by atoms with Gasteiger partial charge in [-0.25, -0.2) is 9.18 Å². The monoisotopic (exact) mass is 567 g/mol. The average molecular weight is 568 g/mol. The molecule has 2 atom stereocenters. The molecule has 0 bridgehead atoms. The van der Waals surface area contributed by atoms with Gasteiger partial charge < -0.3 is 19.3 Å². The quantitative estimate of drug-likeness (QED) is 0.434. The van der Waals surface area contributed by atoms with Crippen LogP contribution in [0, 0.1) is 11.8 Å². The van der Waals surface area contributed by atoms with Crippen molar-refractivity contribution in [3.8, 4) is 5.75 Å². The van der Waals surface area contributed by atoms with Crippen LogP contribution in [0.2, 0.25) is 0 Å². The lowest BCUT2D eigenvalue weighted by Crippen LogP contribution is -2.47. The number of carbonyl (C=O) groups is 4. The van der Waals surface area contributed by atoms with Crippen molar-refractivity contribution < 1.29 is 33.0 Å². The minimum atomic E-state index is -1.34. The molecule has 0 aliphatic carbocycles. The fourth-order valence-corrected chi connectivity index (χ4v) is 5.21. The maximum atomic E-state index is 14.9. The van der Waals surface area contributed by atoms with Crippen LogP contribution in [0.4, 0.5) is 9.18 Å². The topological polar surface area (TPSA) is 106 Å². The number of amides is 2. The van der Waals surface area contributed by atoms with Crippen LogP contribution in [0.3, 0.4) is 0 Å². The van der Waals surface area contributed by atoms with Crippen LogP contribution >= 0.6 is 0 Å². The number of carbonyl (C=O) groups excluding carboxylic acids is 4. The highest BCUT2D eigenvalue weighted by atomic mass is 19.1. The standard InChI is InChI=1S/C31H38FN3O6/c1-31(2,3)41-30(39)35-16-13-22(25(32)19-35)17-27(36)23-7-10-26(33-18-23)29(38)34-14-11-21(12-15-34)28(37)20-5-8-24(40-4)9-6-20/h5-10,18,21-22,25H,11-17,19H2,1-4H3/t22-,25?/m0/s1. The number of Topliss-reactive ketones (excluding diaryl/α,β-unsaturated/α-hetero) is 2. The Morgan fingerprint density at radius 1 is 0.927 bits per heavy atom. The molecule has 3 heterocycles. The second-order valence-corrected chi connectivity index (χ2v) is 11.7. The zero-order valence-corrected chi connectivity index (χ0v) is 24.1. The van der Waals surface area contributed by atoms with Gasteiger partial charge in [-0.2, -0.15) is 0 Å². The molecule has 41 heavy (non-hydrogen) atoms. The number of rotatable bonds is 7. The number of hydrogen-bond acceptors (Lipinski definition) is 7. The number of piperidine rings is 2. The molecule has 2 saturated heterocycles. The molecule has 2 aromatic rings. The molecule has 9 nitrogen and oxygen atoms in total. The second kappa shape index (κ2) is 12.8. The van der Waals surface area contributed by atoms with Gasteiger partial charge in [-0.15, -0.1) is 0 Å². The molecule has 0 radical (unpaired) electrons. The Hall–Kier alpha value is -3.82. The summed E-state index contributed by atoms with van der Waals surface area (Å²) >= 11 is 0. The fraction of sp³-hybridized carbons (Fsp3) is 0.516. The Kier molecular flexibility index (Phi) is 9.40. The second-order valence-electron chi connectivity index (χ2n) is 11.7. The van der Waals surface area contributed by atoms with Crippen molar-refractivity contribution in [2.75, 3.05) is 33.3 Å². The van der Waals surface area contributed by atoms with E-state index in [4.69, 9.17) is 9.47 Å². The van der Waals surface area contributed by atoms with Gasteiger partial charge in [0, 0.05) is 55.2 Å². The first-order chi connectivity index (χ1) is 19.4. The molecule has 1 unspecified atom stereocenters. The Morgan fingerprint density at radius 2 is 1.56 bits per heavy atom. The first kappa shape index (κ1) is 30.1. The molecule has 10 heteroatoms. The Morgan fingerprint density at radius 3 is 2.12 bits per heavy atom. The lowest BCUT2D eigenvalue weighted by molar-refractivity contribution is 0.00516. The summed E-state index contributed by atoms with van der Waals surface area (Å²) < 4.78 is 25.3. The van der Waals surface area contributed by atoms with Crippen LogP contribution in [0.15, 0.2) is 42.6 Å². The highest BCUT2D eigenvalue weighted by Crippen LogP contribution is 2.27. The third kappa shape index (κ3) is 7.68. The maximum Gasteiger partial charge on any atom is 0.410 e. The highest BCUT2D eigenvalue weighted by Gasteiger charge is 2.35. The summed E-state index contributed by atoms with van der Waals surface area (Å²) in [6, 6.07) is 10.1. The molecule has 0 saturated carbocycles. The molecule has 4 rings (SSSR count). The summed E-state index contributed by atoms with van der Waals surface area (Å²) in [4.78, 5) is 58.2. The van der Waals surface area contributed by atoms with Gasteiger partial charge in [-0.05, 0) is 76.4 Å². The maximum absolute atomic E-state index is 14.9. The molecule has 1 aromatic heterocycles. The molecule has 2 aliphatic rings. The lowest BCUT2D eigenvalue weighted by atomic mass is 9.88. The first-order valence-electron chi connectivity index (χ1n) is 14.0. The first-order valence-corrected chi connectivity index (χ1v) is 14.0. The van der Waals surface area contributed by atoms with Crippen molar-refractivity contribution in [3.63, 3.8) is 0 Å². The number of alkyl halides is 1. The van der Waals surface area contributed by atoms with Gasteiger partial charge in [0.05, 0.1) is 13.7 Å². The number of hydrogen-bond donors (Lipinski definition) is 0. The van der Waals surface area contributed by atoms with Crippen molar-refractivity contribution in [1.82, 2.24) is 14.8 Å². The largest absolute Gasteiger partial charge is 0.497 e. The Labute approximate surface area is 240 Å². The number of halogens is 1. The van der Waals surface area contributed by atoms with E-state index in [0.717, 1.165) is 0 Å². The number of aromatic nitrogens is 1. The van der Waals surface area contributed by atoms with Crippen molar-refractivity contribution in [3.05, 3.63) is 59.4 Å². The van der Waals surface area contributed by atoms with Gasteiger partial charge in [-0.1, -0.05) is 0 Å². The van der Waals surface area contributed by atoms with E-state index in [9.17, 15) is 23.6 Å². The van der Waals surface area contributed by atoms with E-state index in [-0.39, 0.29) is 42.1 Å². The van der Waals surface area contributed by atoms with Crippen LogP contribution in [0.5, 0.6) is 5.75 Å². The Bertz CT molecular complexity index is 1250. The molecule has 2 aliphatic heterocycles. The number of likely N-dealkylation sites (tertiary alicyclic amines) is 2. The summed E-state index contributed by atoms with van der Waals surface area (Å²) in [6.07, 6.45) is 0.935. The zero-order chi connectivity index (χ0) is 29.7. The number of nitrogens with zero attached hydrogens (tertiary/aromatic N) is 3. The van der Waals surface area contributed by atoms with Gasteiger partial charge in [-0.3, -0.25) is 19.4 Å². The molecule has 2 fully saturated rings. The van der Waals surface area contributed by atoms with Crippen LogP contribution in [0.1, 0.15) is 77.7 Å². The minimum absolute atomic E-state index is 0.00592. The van der Waals surface area contributed by atoms with Gasteiger partial charge in [0.15, 0.2) is 11.6 Å². The molecular weight excluding hydrogens is 529 g/mol. The van der Waals surface area contributed by atoms with Crippen molar-refractivity contribution >= 4 is 23.6 Å². The average Bonchev–Trinajstić information content (AvgIpc) is 2.96. The normalized spacial score (nSPS) is 19.9. The summed E-state index contributed by atoms with van der Waals surface area (Å²) in [5.41, 5.74) is 0.497. The van der Waals surface area contributed by atoms with Crippen LogP contribution < -0.4 is 4.74 Å². The van der Waals surface area contributed by atoms with E-state index in [0.29, 0.717) is 55.8 Å². The van der Waals surface area contributed by atoms with Gasteiger partial charge in [0.2, 0.25) is 0 Å². The molecule has 0 spiro atoms. The molecular formula is C31H38FN3O6. The minimum Gasteiger partial charge on any atom is -0.497 e. The Balaban J connectivity index is 1.26. The molecule has 1 aromatic carbocycles. The summed E-state index contributed by atoms with van der Waals surface area (Å²) in [5, 5.41) is 0. The van der Waals surface area contributed by atoms with E-state index < -0.39 is 23.8 Å². The van der Waals surface area contributed by atoms with Crippen LogP contribution in [-0.2, 0) is 4.74 Å². The molecule has 0 N–H and O–H groups in total. The SMILES string of the molecule is COc1ccc(C(=O)C2CCN(C(=O)c3ccc(C(=O)C[C@@H]4CCN(C(=O)OC(C)(C)C)CC4F)cn3)CC2)cc1. The van der Waals surface area contributed by atoms with E-state index >= 15 is 0 Å². The third-order valence-corrected chi connectivity index (χ3v) is 7.61. The van der Waals surface area contributed by atoms with E-state index in [2.05, 4.69) is 4.98 Å². The zero-order valence-electron chi connectivity index (χ0n) is 24.1. The van der Waals surface area contributed by atoms with E-state index in [1.807, 2.05) is 0 Å². The van der Waals surface area contributed by atoms with Gasteiger partial charge in [0.25, 0.3) is 5.91 Å². The number of ketones is 2. The van der Waals surface area contributed by atoms with Crippen LogP contribution in [0.25, 0.3) is 0 Å². The third-order valence-electron chi connectivity index (χ3n) is 7.61. The van der Waals surface area contributed by atoms with Crippen molar-refractivity contribution in [1.29, 1.82) is 0 Å². The smallest absolute Gasteiger partial charge is 0.410 e. The molecule has 2 amide bonds. The van der Waals surface area contributed by atoms with Crippen molar-refractivity contribution in [2.45, 2.75) is 58.2 Å². The number of methoxy groups -OCH3 is 1.